The molecule has 0 saturated carbocycles. The number of rotatable bonds is 1. The molecule has 3 nitrogen and oxygen atoms in total. The zero-order valence-electron chi connectivity index (χ0n) is 7.53. The second-order valence-electron chi connectivity index (χ2n) is 3.31. The van der Waals surface area contributed by atoms with Gasteiger partial charge >= 0.3 is 0 Å². The van der Waals surface area contributed by atoms with Crippen LogP contribution in [0.1, 0.15) is 25.3 Å². The highest BCUT2D eigenvalue weighted by Gasteiger charge is 2.03. The van der Waals surface area contributed by atoms with E-state index in [1.54, 1.807) is 0 Å². The van der Waals surface area contributed by atoms with Gasteiger partial charge in [-0.2, -0.15) is 0 Å². The summed E-state index contributed by atoms with van der Waals surface area (Å²) in [7, 11) is 0. The molecule has 13 heavy (non-hydrogen) atoms. The van der Waals surface area contributed by atoms with Gasteiger partial charge < -0.3 is 0 Å². The summed E-state index contributed by atoms with van der Waals surface area (Å²) in [6, 6.07) is 0. The van der Waals surface area contributed by atoms with E-state index >= 15 is 0 Å². The monoisotopic (exact) mass is 239 g/mol. The molecule has 0 fully saturated rings. The summed E-state index contributed by atoms with van der Waals surface area (Å²) < 4.78 is 2.75. The molecule has 0 amide bonds. The Morgan fingerprint density at radius 3 is 2.85 bits per heavy atom. The highest BCUT2D eigenvalue weighted by Crippen LogP contribution is 2.15. The molecular formula is C9H10BrN3. The van der Waals surface area contributed by atoms with Gasteiger partial charge in [-0.3, -0.25) is 4.40 Å². The molecule has 0 aliphatic rings. The van der Waals surface area contributed by atoms with E-state index in [0.29, 0.717) is 5.92 Å². The van der Waals surface area contributed by atoms with Gasteiger partial charge in [-0.15, -0.1) is 0 Å². The Hall–Kier alpha value is -0.900. The fraction of sp³-hybridized carbons (Fsp3) is 0.333. The molecule has 0 radical (unpaired) electrons. The molecule has 0 atom stereocenters. The van der Waals surface area contributed by atoms with Crippen molar-refractivity contribution < 1.29 is 0 Å². The van der Waals surface area contributed by atoms with Crippen LogP contribution in [0.25, 0.3) is 5.78 Å². The standard InChI is InChI=1S/C9H10BrN3/c1-6(2)7-3-11-9-12-8(10)5-13(9)4-7/h3-6H,1-2H3. The highest BCUT2D eigenvalue weighted by molar-refractivity contribution is 9.10. The number of fused-ring (bicyclic) bond motifs is 1. The maximum atomic E-state index is 4.25. The fourth-order valence-electron chi connectivity index (χ4n) is 1.17. The second-order valence-corrected chi connectivity index (χ2v) is 4.13. The summed E-state index contributed by atoms with van der Waals surface area (Å²) in [6.07, 6.45) is 5.85. The van der Waals surface area contributed by atoms with E-state index in [4.69, 9.17) is 0 Å². The van der Waals surface area contributed by atoms with Gasteiger partial charge in [0.25, 0.3) is 0 Å². The van der Waals surface area contributed by atoms with Crippen molar-refractivity contribution in [1.29, 1.82) is 0 Å². The summed E-state index contributed by atoms with van der Waals surface area (Å²) in [4.78, 5) is 8.43. The number of aromatic nitrogens is 3. The van der Waals surface area contributed by atoms with Crippen LogP contribution < -0.4 is 0 Å². The van der Waals surface area contributed by atoms with E-state index in [9.17, 15) is 0 Å². The SMILES string of the molecule is CC(C)c1cnc2nc(Br)cn2c1. The van der Waals surface area contributed by atoms with Crippen LogP contribution in [0.3, 0.4) is 0 Å². The van der Waals surface area contributed by atoms with Crippen molar-refractivity contribution in [3.05, 3.63) is 28.8 Å². The lowest BCUT2D eigenvalue weighted by Gasteiger charge is -2.03. The van der Waals surface area contributed by atoms with Crippen LogP contribution in [0.4, 0.5) is 0 Å². The van der Waals surface area contributed by atoms with Crippen LogP contribution in [0, 0.1) is 0 Å². The summed E-state index contributed by atoms with van der Waals surface area (Å²) in [6.45, 7) is 4.30. The molecule has 2 rings (SSSR count). The van der Waals surface area contributed by atoms with E-state index in [-0.39, 0.29) is 0 Å². The minimum atomic E-state index is 0.498. The Kier molecular flexibility index (Phi) is 2.07. The van der Waals surface area contributed by atoms with Crippen molar-refractivity contribution in [2.45, 2.75) is 19.8 Å². The van der Waals surface area contributed by atoms with E-state index in [2.05, 4.69) is 45.9 Å². The van der Waals surface area contributed by atoms with E-state index in [1.807, 2.05) is 16.8 Å². The summed E-state index contributed by atoms with van der Waals surface area (Å²) in [5, 5.41) is 0. The average Bonchev–Trinajstić information content (AvgIpc) is 2.42. The molecule has 0 aliphatic carbocycles. The van der Waals surface area contributed by atoms with Crippen LogP contribution >= 0.6 is 15.9 Å². The minimum absolute atomic E-state index is 0.498. The van der Waals surface area contributed by atoms with E-state index < -0.39 is 0 Å². The maximum absolute atomic E-state index is 4.25. The first-order chi connectivity index (χ1) is 6.16. The molecule has 4 heteroatoms. The summed E-state index contributed by atoms with van der Waals surface area (Å²) >= 11 is 3.31. The van der Waals surface area contributed by atoms with Gasteiger partial charge in [-0.1, -0.05) is 13.8 Å². The average molecular weight is 240 g/mol. The molecule has 0 aliphatic heterocycles. The Bertz CT molecular complexity index is 433. The predicted octanol–water partition coefficient (Wildman–Crippen LogP) is 2.62. The fourth-order valence-corrected chi connectivity index (χ4v) is 1.55. The van der Waals surface area contributed by atoms with Crippen molar-refractivity contribution in [2.75, 3.05) is 0 Å². The Balaban J connectivity index is 2.61. The molecule has 0 spiro atoms. The molecule has 0 N–H and O–H groups in total. The lowest BCUT2D eigenvalue weighted by Crippen LogP contribution is -1.94. The van der Waals surface area contributed by atoms with Crippen molar-refractivity contribution in [3.63, 3.8) is 0 Å². The third-order valence-electron chi connectivity index (χ3n) is 1.97. The van der Waals surface area contributed by atoms with Gasteiger partial charge in [-0.05, 0) is 27.4 Å². The van der Waals surface area contributed by atoms with Gasteiger partial charge in [0.15, 0.2) is 0 Å². The lowest BCUT2D eigenvalue weighted by molar-refractivity contribution is 0.841. The zero-order valence-corrected chi connectivity index (χ0v) is 9.12. The number of halogens is 1. The molecule has 2 heterocycles. The van der Waals surface area contributed by atoms with Crippen LogP contribution in [0.15, 0.2) is 23.2 Å². The molecule has 0 bridgehead atoms. The second kappa shape index (κ2) is 3.10. The zero-order chi connectivity index (χ0) is 9.42. The maximum Gasteiger partial charge on any atom is 0.234 e. The molecule has 0 saturated heterocycles. The van der Waals surface area contributed by atoms with Crippen LogP contribution in [-0.2, 0) is 0 Å². The molecule has 0 aromatic carbocycles. The first-order valence-corrected chi connectivity index (χ1v) is 4.96. The van der Waals surface area contributed by atoms with Crippen LogP contribution in [0.5, 0.6) is 0 Å². The first-order valence-electron chi connectivity index (χ1n) is 4.17. The molecule has 2 aromatic heterocycles. The van der Waals surface area contributed by atoms with E-state index in [1.165, 1.54) is 5.56 Å². The topological polar surface area (TPSA) is 30.2 Å². The molecule has 68 valence electrons. The van der Waals surface area contributed by atoms with Crippen molar-refractivity contribution in [1.82, 2.24) is 14.4 Å². The Morgan fingerprint density at radius 1 is 1.38 bits per heavy atom. The van der Waals surface area contributed by atoms with Gasteiger partial charge in [0, 0.05) is 18.6 Å². The normalized spacial score (nSPS) is 11.4. The predicted molar refractivity (Wildman–Crippen MR) is 54.8 cm³/mol. The van der Waals surface area contributed by atoms with Crippen molar-refractivity contribution >= 4 is 21.7 Å². The quantitative estimate of drug-likeness (QED) is 0.766. The van der Waals surface area contributed by atoms with Crippen LogP contribution in [-0.4, -0.2) is 14.4 Å². The molecule has 2 aromatic rings. The van der Waals surface area contributed by atoms with Crippen molar-refractivity contribution in [2.24, 2.45) is 0 Å². The number of hydrogen-bond donors (Lipinski definition) is 0. The highest BCUT2D eigenvalue weighted by atomic mass is 79.9. The number of nitrogens with zero attached hydrogens (tertiary/aromatic N) is 3. The number of hydrogen-bond acceptors (Lipinski definition) is 2. The molecule has 0 unspecified atom stereocenters. The van der Waals surface area contributed by atoms with Gasteiger partial charge in [0.05, 0.1) is 0 Å². The summed E-state index contributed by atoms with van der Waals surface area (Å²) in [5.74, 6) is 1.23. The Morgan fingerprint density at radius 2 is 2.15 bits per heavy atom. The minimum Gasteiger partial charge on any atom is -0.290 e. The van der Waals surface area contributed by atoms with Gasteiger partial charge in [0.1, 0.15) is 4.60 Å². The van der Waals surface area contributed by atoms with Gasteiger partial charge in [-0.25, -0.2) is 9.97 Å². The van der Waals surface area contributed by atoms with Gasteiger partial charge in [0.2, 0.25) is 5.78 Å². The largest absolute Gasteiger partial charge is 0.290 e. The Labute approximate surface area is 85.0 Å². The van der Waals surface area contributed by atoms with E-state index in [0.717, 1.165) is 10.4 Å². The molecular weight excluding hydrogens is 230 g/mol. The third-order valence-corrected chi connectivity index (χ3v) is 2.35. The van der Waals surface area contributed by atoms with Crippen LogP contribution in [0.2, 0.25) is 0 Å². The smallest absolute Gasteiger partial charge is 0.234 e. The summed E-state index contributed by atoms with van der Waals surface area (Å²) in [5.41, 5.74) is 1.22. The van der Waals surface area contributed by atoms with Crippen molar-refractivity contribution in [3.8, 4) is 0 Å². The lowest BCUT2D eigenvalue weighted by atomic mass is 10.1. The first kappa shape index (κ1) is 8.69. The number of imidazole rings is 1. The third kappa shape index (κ3) is 1.58.